The number of hydrogen-bond acceptors (Lipinski definition) is 4. The molecule has 6 heteroatoms. The minimum atomic E-state index is -0.920. The van der Waals surface area contributed by atoms with Gasteiger partial charge in [0.05, 0.1) is 17.4 Å². The average Bonchev–Trinajstić information content (AvgIpc) is 3.37. The number of imide groups is 1. The van der Waals surface area contributed by atoms with Crippen LogP contribution in [0.15, 0.2) is 91.0 Å². The van der Waals surface area contributed by atoms with Crippen molar-refractivity contribution in [3.8, 4) is 0 Å². The molecular formula is C28H21ClN2O3. The number of carbonyl (C=O) groups excluding carboxylic acids is 2. The van der Waals surface area contributed by atoms with Crippen LogP contribution in [-0.4, -0.2) is 17.9 Å². The monoisotopic (exact) mass is 468 g/mol. The van der Waals surface area contributed by atoms with Crippen molar-refractivity contribution in [1.29, 1.82) is 0 Å². The number of hydrogen-bond donors (Lipinski definition) is 0. The van der Waals surface area contributed by atoms with Crippen molar-refractivity contribution in [3.63, 3.8) is 0 Å². The molecule has 2 aliphatic rings. The standard InChI is InChI=1S/C28H21ClN2O3/c1-17-14-15-20(16-23(17)29)30-27(32)24-25(22-13-7-9-18-8-5-6-12-21(18)22)31(34-26(24)28(30)33)19-10-3-2-4-11-19/h2-16,24-26H,1H3/t24-,25-,26+/m1/s1. The normalized spacial score (nSPS) is 22.0. The fraction of sp³-hybridized carbons (Fsp3) is 0.143. The Balaban J connectivity index is 1.50. The number of carbonyl (C=O) groups is 2. The molecule has 2 saturated heterocycles. The molecule has 0 aliphatic carbocycles. The number of nitrogens with zero attached hydrogens (tertiary/aromatic N) is 2. The highest BCUT2D eigenvalue weighted by atomic mass is 35.5. The molecule has 4 aromatic rings. The molecule has 2 amide bonds. The molecule has 34 heavy (non-hydrogen) atoms. The SMILES string of the molecule is Cc1ccc(N2C(=O)[C@H]3[C@H](ON(c4ccccc4)[C@@H]3c3cccc4ccccc34)C2=O)cc1Cl. The van der Waals surface area contributed by atoms with Crippen molar-refractivity contribution < 1.29 is 14.4 Å². The van der Waals surface area contributed by atoms with Crippen molar-refractivity contribution >= 4 is 45.6 Å². The maximum atomic E-state index is 13.8. The van der Waals surface area contributed by atoms with Gasteiger partial charge in [-0.2, -0.15) is 0 Å². The molecule has 0 saturated carbocycles. The minimum absolute atomic E-state index is 0.286. The lowest BCUT2D eigenvalue weighted by molar-refractivity contribution is -0.126. The van der Waals surface area contributed by atoms with E-state index in [2.05, 4.69) is 0 Å². The first-order valence-electron chi connectivity index (χ1n) is 11.2. The number of para-hydroxylation sites is 1. The minimum Gasteiger partial charge on any atom is -0.273 e. The number of fused-ring (bicyclic) bond motifs is 2. The number of aryl methyl sites for hydroxylation is 1. The summed E-state index contributed by atoms with van der Waals surface area (Å²) in [5.41, 5.74) is 3.08. The number of amides is 2. The highest BCUT2D eigenvalue weighted by Crippen LogP contribution is 2.49. The van der Waals surface area contributed by atoms with Crippen LogP contribution >= 0.6 is 11.6 Å². The van der Waals surface area contributed by atoms with Crippen LogP contribution < -0.4 is 9.96 Å². The summed E-state index contributed by atoms with van der Waals surface area (Å²) >= 11 is 6.31. The van der Waals surface area contributed by atoms with Gasteiger partial charge in [0.2, 0.25) is 5.91 Å². The van der Waals surface area contributed by atoms with Crippen LogP contribution in [-0.2, 0) is 14.4 Å². The molecule has 2 fully saturated rings. The Hall–Kier alpha value is -3.67. The summed E-state index contributed by atoms with van der Waals surface area (Å²) in [6, 6.07) is 28.4. The summed E-state index contributed by atoms with van der Waals surface area (Å²) in [6.07, 6.45) is -0.920. The molecule has 0 unspecified atom stereocenters. The smallest absolute Gasteiger partial charge is 0.266 e. The Morgan fingerprint density at radius 2 is 1.53 bits per heavy atom. The third kappa shape index (κ3) is 3.12. The second-order valence-electron chi connectivity index (χ2n) is 8.67. The average molecular weight is 469 g/mol. The number of rotatable bonds is 3. The van der Waals surface area contributed by atoms with Gasteiger partial charge >= 0.3 is 0 Å². The molecule has 168 valence electrons. The lowest BCUT2D eigenvalue weighted by Crippen LogP contribution is -2.37. The molecule has 3 atom stereocenters. The van der Waals surface area contributed by atoms with Crippen molar-refractivity contribution in [2.24, 2.45) is 5.92 Å². The fourth-order valence-electron chi connectivity index (χ4n) is 5.01. The summed E-state index contributed by atoms with van der Waals surface area (Å²) in [7, 11) is 0. The molecule has 5 nitrogen and oxygen atoms in total. The Bertz CT molecular complexity index is 1430. The van der Waals surface area contributed by atoms with Gasteiger partial charge in [-0.15, -0.1) is 0 Å². The molecule has 0 aromatic heterocycles. The van der Waals surface area contributed by atoms with Crippen molar-refractivity contribution in [2.45, 2.75) is 19.1 Å². The largest absolute Gasteiger partial charge is 0.273 e. The van der Waals surface area contributed by atoms with E-state index in [1.165, 1.54) is 4.90 Å². The first kappa shape index (κ1) is 20.9. The van der Waals surface area contributed by atoms with Crippen molar-refractivity contribution in [3.05, 3.63) is 107 Å². The highest BCUT2D eigenvalue weighted by Gasteiger charge is 2.60. The van der Waals surface area contributed by atoms with Crippen LogP contribution in [0, 0.1) is 12.8 Å². The second-order valence-corrected chi connectivity index (χ2v) is 9.08. The van der Waals surface area contributed by atoms with Gasteiger partial charge in [-0.25, -0.2) is 9.96 Å². The van der Waals surface area contributed by atoms with Gasteiger partial charge in [0.15, 0.2) is 6.10 Å². The zero-order chi connectivity index (χ0) is 23.4. The predicted molar refractivity (Wildman–Crippen MR) is 133 cm³/mol. The topological polar surface area (TPSA) is 49.9 Å². The van der Waals surface area contributed by atoms with Crippen molar-refractivity contribution in [1.82, 2.24) is 0 Å². The molecule has 0 bridgehead atoms. The summed E-state index contributed by atoms with van der Waals surface area (Å²) in [6.45, 7) is 1.88. The van der Waals surface area contributed by atoms with Gasteiger partial charge in [0, 0.05) is 5.02 Å². The van der Waals surface area contributed by atoms with E-state index < -0.39 is 18.1 Å². The van der Waals surface area contributed by atoms with Crippen LogP contribution in [0.4, 0.5) is 11.4 Å². The summed E-state index contributed by atoms with van der Waals surface area (Å²) < 4.78 is 0. The molecule has 2 aliphatic heterocycles. The molecule has 0 radical (unpaired) electrons. The van der Waals surface area contributed by atoms with Crippen LogP contribution in [0.5, 0.6) is 0 Å². The second kappa shape index (κ2) is 7.97. The maximum absolute atomic E-state index is 13.8. The van der Waals surface area contributed by atoms with Gasteiger partial charge < -0.3 is 0 Å². The fourth-order valence-corrected chi connectivity index (χ4v) is 5.19. The summed E-state index contributed by atoms with van der Waals surface area (Å²) in [5.74, 6) is -1.36. The summed E-state index contributed by atoms with van der Waals surface area (Å²) in [4.78, 5) is 34.9. The number of benzene rings is 4. The van der Waals surface area contributed by atoms with Crippen LogP contribution in [0.3, 0.4) is 0 Å². The Labute approximate surface area is 202 Å². The highest BCUT2D eigenvalue weighted by molar-refractivity contribution is 6.32. The molecule has 0 N–H and O–H groups in total. The van der Waals surface area contributed by atoms with Gasteiger partial charge in [-0.1, -0.05) is 78.3 Å². The Morgan fingerprint density at radius 3 is 2.32 bits per heavy atom. The number of hydroxylamine groups is 1. The molecule has 6 rings (SSSR count). The van der Waals surface area contributed by atoms with Gasteiger partial charge in [0.25, 0.3) is 5.91 Å². The zero-order valence-electron chi connectivity index (χ0n) is 18.4. The van der Waals surface area contributed by atoms with Gasteiger partial charge in [-0.3, -0.25) is 14.4 Å². The van der Waals surface area contributed by atoms with Crippen LogP contribution in [0.2, 0.25) is 5.02 Å². The van der Waals surface area contributed by atoms with E-state index in [1.54, 1.807) is 17.2 Å². The van der Waals surface area contributed by atoms with Crippen LogP contribution in [0.1, 0.15) is 17.2 Å². The molecule has 2 heterocycles. The summed E-state index contributed by atoms with van der Waals surface area (Å²) in [5, 5.41) is 4.33. The maximum Gasteiger partial charge on any atom is 0.266 e. The third-order valence-corrected chi connectivity index (χ3v) is 7.09. The van der Waals surface area contributed by atoms with E-state index in [-0.39, 0.29) is 11.8 Å². The molecule has 0 spiro atoms. The van der Waals surface area contributed by atoms with E-state index in [0.29, 0.717) is 10.7 Å². The first-order chi connectivity index (χ1) is 16.5. The number of anilines is 2. The predicted octanol–water partition coefficient (Wildman–Crippen LogP) is 5.85. The molecular weight excluding hydrogens is 448 g/mol. The van der Waals surface area contributed by atoms with Gasteiger partial charge in [-0.05, 0) is 53.1 Å². The molecule has 4 aromatic carbocycles. The van der Waals surface area contributed by atoms with E-state index in [1.807, 2.05) is 85.8 Å². The Morgan fingerprint density at radius 1 is 0.794 bits per heavy atom. The Kier molecular flexibility index (Phi) is 4.90. The third-order valence-electron chi connectivity index (χ3n) is 6.68. The van der Waals surface area contributed by atoms with Crippen LogP contribution in [0.25, 0.3) is 10.8 Å². The lowest BCUT2D eigenvalue weighted by atomic mass is 9.87. The van der Waals surface area contributed by atoms with E-state index in [9.17, 15) is 9.59 Å². The van der Waals surface area contributed by atoms with Crippen molar-refractivity contribution in [2.75, 3.05) is 9.96 Å². The zero-order valence-corrected chi connectivity index (χ0v) is 19.1. The lowest BCUT2D eigenvalue weighted by Gasteiger charge is -2.29. The van der Waals surface area contributed by atoms with E-state index >= 15 is 0 Å². The quantitative estimate of drug-likeness (QED) is 0.354. The van der Waals surface area contributed by atoms with E-state index in [0.717, 1.165) is 27.6 Å². The van der Waals surface area contributed by atoms with E-state index in [4.69, 9.17) is 16.4 Å². The first-order valence-corrected chi connectivity index (χ1v) is 11.5. The van der Waals surface area contributed by atoms with Gasteiger partial charge in [0.1, 0.15) is 5.92 Å². The number of halogens is 1.